The molecule has 0 heterocycles. The van der Waals surface area contributed by atoms with E-state index in [1.807, 2.05) is 18.2 Å². The largest absolute Gasteiger partial charge is 0.497 e. The van der Waals surface area contributed by atoms with Gasteiger partial charge in [-0.3, -0.25) is 0 Å². The first-order valence-corrected chi connectivity index (χ1v) is 5.87. The maximum absolute atomic E-state index is 6.23. The van der Waals surface area contributed by atoms with E-state index < -0.39 is 0 Å². The van der Waals surface area contributed by atoms with Crippen molar-refractivity contribution in [3.8, 4) is 18.1 Å². The van der Waals surface area contributed by atoms with Crippen molar-refractivity contribution in [2.75, 3.05) is 7.11 Å². The lowest BCUT2D eigenvalue weighted by Gasteiger charge is -2.16. The minimum absolute atomic E-state index is 0.355. The van der Waals surface area contributed by atoms with Crippen LogP contribution in [0.25, 0.3) is 0 Å². The number of rotatable bonds is 5. The van der Waals surface area contributed by atoms with Crippen LogP contribution in [0.2, 0.25) is 5.02 Å². The molecule has 0 aliphatic rings. The summed E-state index contributed by atoms with van der Waals surface area (Å²) in [6.07, 6.45) is 8.29. The summed E-state index contributed by atoms with van der Waals surface area (Å²) in [5.41, 5.74) is 1.13. The van der Waals surface area contributed by atoms with Gasteiger partial charge >= 0.3 is 0 Å². The van der Waals surface area contributed by atoms with Gasteiger partial charge in [0.1, 0.15) is 5.75 Å². The van der Waals surface area contributed by atoms with Crippen LogP contribution >= 0.6 is 11.6 Å². The third-order valence-electron chi connectivity index (χ3n) is 2.65. The highest BCUT2D eigenvalue weighted by molar-refractivity contribution is 6.31. The summed E-state index contributed by atoms with van der Waals surface area (Å²) in [6.45, 7) is 2.15. The first kappa shape index (κ1) is 12.9. The van der Waals surface area contributed by atoms with E-state index >= 15 is 0 Å². The summed E-state index contributed by atoms with van der Waals surface area (Å²) in [4.78, 5) is 0. The Labute approximate surface area is 103 Å². The molecule has 86 valence electrons. The van der Waals surface area contributed by atoms with Gasteiger partial charge < -0.3 is 4.74 Å². The quantitative estimate of drug-likeness (QED) is 0.695. The van der Waals surface area contributed by atoms with E-state index in [4.69, 9.17) is 22.8 Å². The van der Waals surface area contributed by atoms with Gasteiger partial charge in [0.2, 0.25) is 0 Å². The highest BCUT2D eigenvalue weighted by atomic mass is 35.5. The number of halogens is 1. The van der Waals surface area contributed by atoms with Crippen molar-refractivity contribution in [3.05, 3.63) is 28.8 Å². The predicted molar refractivity (Wildman–Crippen MR) is 69.1 cm³/mol. The zero-order valence-electron chi connectivity index (χ0n) is 9.79. The summed E-state index contributed by atoms with van der Waals surface area (Å²) in [5, 5.41) is 0.744. The van der Waals surface area contributed by atoms with Crippen LogP contribution in [0.1, 0.15) is 37.7 Å². The molecule has 1 nitrogen and oxygen atoms in total. The molecule has 0 aliphatic carbocycles. The Kier molecular flexibility index (Phi) is 5.22. The molecule has 2 heteroatoms. The first-order chi connectivity index (χ1) is 7.72. The molecule has 1 unspecified atom stereocenters. The number of hydrogen-bond acceptors (Lipinski definition) is 1. The first-order valence-electron chi connectivity index (χ1n) is 5.49. The predicted octanol–water partition coefficient (Wildman–Crippen LogP) is 4.26. The molecule has 1 rings (SSSR count). The van der Waals surface area contributed by atoms with Crippen LogP contribution in [0.5, 0.6) is 5.75 Å². The van der Waals surface area contributed by atoms with Crippen LogP contribution < -0.4 is 4.74 Å². The van der Waals surface area contributed by atoms with E-state index in [1.54, 1.807) is 7.11 Å². The zero-order valence-corrected chi connectivity index (χ0v) is 10.6. The normalized spacial score (nSPS) is 11.9. The van der Waals surface area contributed by atoms with Crippen molar-refractivity contribution in [2.24, 2.45) is 0 Å². The van der Waals surface area contributed by atoms with Gasteiger partial charge in [-0.15, -0.1) is 12.3 Å². The number of hydrogen-bond donors (Lipinski definition) is 0. The fourth-order valence-corrected chi connectivity index (χ4v) is 2.15. The van der Waals surface area contributed by atoms with Gasteiger partial charge in [0.15, 0.2) is 0 Å². The summed E-state index contributed by atoms with van der Waals surface area (Å²) in [6, 6.07) is 5.79. The lowest BCUT2D eigenvalue weighted by Crippen LogP contribution is -1.99. The van der Waals surface area contributed by atoms with Crippen molar-refractivity contribution in [2.45, 2.75) is 32.1 Å². The molecule has 1 aromatic rings. The minimum Gasteiger partial charge on any atom is -0.497 e. The van der Waals surface area contributed by atoms with Gasteiger partial charge in [0.25, 0.3) is 0 Å². The molecule has 0 aliphatic heterocycles. The van der Waals surface area contributed by atoms with Crippen LogP contribution in [0.15, 0.2) is 18.2 Å². The summed E-state index contributed by atoms with van der Waals surface area (Å²) in [5.74, 6) is 3.85. The Bertz CT molecular complexity index is 379. The van der Waals surface area contributed by atoms with E-state index in [9.17, 15) is 0 Å². The molecule has 1 atom stereocenters. The van der Waals surface area contributed by atoms with Crippen LogP contribution in [0.4, 0.5) is 0 Å². The number of methoxy groups -OCH3 is 1. The highest BCUT2D eigenvalue weighted by Gasteiger charge is 2.13. The molecular weight excluding hydrogens is 220 g/mol. The number of terminal acetylenes is 1. The van der Waals surface area contributed by atoms with Crippen LogP contribution in [0, 0.1) is 12.3 Å². The lowest BCUT2D eigenvalue weighted by molar-refractivity contribution is 0.414. The average molecular weight is 237 g/mol. The Balaban J connectivity index is 2.96. The van der Waals surface area contributed by atoms with Gasteiger partial charge in [-0.2, -0.15) is 0 Å². The Morgan fingerprint density at radius 3 is 2.75 bits per heavy atom. The van der Waals surface area contributed by atoms with Crippen LogP contribution in [-0.4, -0.2) is 7.11 Å². The maximum Gasteiger partial charge on any atom is 0.120 e. The topological polar surface area (TPSA) is 9.23 Å². The van der Waals surface area contributed by atoms with E-state index in [0.717, 1.165) is 35.6 Å². The van der Waals surface area contributed by atoms with Gasteiger partial charge in [-0.25, -0.2) is 0 Å². The molecule has 0 spiro atoms. The summed E-state index contributed by atoms with van der Waals surface area (Å²) in [7, 11) is 1.64. The molecule has 0 saturated heterocycles. The molecule has 0 fully saturated rings. The van der Waals surface area contributed by atoms with Gasteiger partial charge in [0.05, 0.1) is 7.11 Å². The zero-order chi connectivity index (χ0) is 12.0. The van der Waals surface area contributed by atoms with E-state index in [2.05, 4.69) is 12.8 Å². The molecule has 0 bridgehead atoms. The van der Waals surface area contributed by atoms with Crippen molar-refractivity contribution < 1.29 is 4.74 Å². The molecule has 16 heavy (non-hydrogen) atoms. The fourth-order valence-electron chi connectivity index (χ4n) is 1.82. The monoisotopic (exact) mass is 236 g/mol. The van der Waals surface area contributed by atoms with E-state index in [-0.39, 0.29) is 0 Å². The molecule has 0 amide bonds. The highest BCUT2D eigenvalue weighted by Crippen LogP contribution is 2.32. The number of benzene rings is 1. The van der Waals surface area contributed by atoms with Crippen molar-refractivity contribution >= 4 is 11.6 Å². The smallest absolute Gasteiger partial charge is 0.120 e. The lowest BCUT2D eigenvalue weighted by atomic mass is 9.91. The Morgan fingerprint density at radius 2 is 2.25 bits per heavy atom. The van der Waals surface area contributed by atoms with Gasteiger partial charge in [-0.1, -0.05) is 31.0 Å². The molecule has 0 aromatic heterocycles. The minimum atomic E-state index is 0.355. The molecule has 0 saturated carbocycles. The molecule has 0 radical (unpaired) electrons. The summed E-state index contributed by atoms with van der Waals surface area (Å²) >= 11 is 6.23. The third kappa shape index (κ3) is 3.18. The van der Waals surface area contributed by atoms with Gasteiger partial charge in [-0.05, 0) is 30.0 Å². The SMILES string of the molecule is C#CCC(CCC)c1ccc(OC)cc1Cl. The second kappa shape index (κ2) is 6.45. The third-order valence-corrected chi connectivity index (χ3v) is 2.98. The van der Waals surface area contributed by atoms with Crippen LogP contribution in [-0.2, 0) is 0 Å². The van der Waals surface area contributed by atoms with Crippen molar-refractivity contribution in [1.82, 2.24) is 0 Å². The second-order valence-electron chi connectivity index (χ2n) is 3.78. The molecule has 0 N–H and O–H groups in total. The van der Waals surface area contributed by atoms with E-state index in [1.165, 1.54) is 0 Å². The summed E-state index contributed by atoms with van der Waals surface area (Å²) < 4.78 is 5.12. The van der Waals surface area contributed by atoms with Crippen molar-refractivity contribution in [1.29, 1.82) is 0 Å². The average Bonchev–Trinajstić information content (AvgIpc) is 2.29. The van der Waals surface area contributed by atoms with Crippen molar-refractivity contribution in [3.63, 3.8) is 0 Å². The van der Waals surface area contributed by atoms with Gasteiger partial charge in [0, 0.05) is 11.4 Å². The fraction of sp³-hybridized carbons (Fsp3) is 0.429. The van der Waals surface area contributed by atoms with E-state index in [0.29, 0.717) is 5.92 Å². The number of ether oxygens (including phenoxy) is 1. The molecular formula is C14H17ClO. The Hall–Kier alpha value is -1.13. The molecule has 1 aromatic carbocycles. The standard InChI is InChI=1S/C14H17ClO/c1-4-6-11(7-5-2)13-9-8-12(16-3)10-14(13)15/h1,8-11H,5-7H2,2-3H3. The maximum atomic E-state index is 6.23. The van der Waals surface area contributed by atoms with Crippen LogP contribution in [0.3, 0.4) is 0 Å². The second-order valence-corrected chi connectivity index (χ2v) is 4.19. The Morgan fingerprint density at radius 1 is 1.50 bits per heavy atom.